The number of rotatable bonds is 5. The third-order valence-corrected chi connectivity index (χ3v) is 3.80. The molecule has 3 amide bonds. The number of amides is 3. The van der Waals surface area contributed by atoms with E-state index < -0.39 is 17.7 Å². The van der Waals surface area contributed by atoms with Crippen LogP contribution in [0.2, 0.25) is 0 Å². The molecule has 5 nitrogen and oxygen atoms in total. The van der Waals surface area contributed by atoms with Crippen LogP contribution in [0.3, 0.4) is 0 Å². The third-order valence-electron chi connectivity index (χ3n) is 3.80. The number of hydrogen-bond acceptors (Lipinski definition) is 3. The van der Waals surface area contributed by atoms with Crippen molar-refractivity contribution in [2.75, 3.05) is 13.1 Å². The van der Waals surface area contributed by atoms with Crippen LogP contribution in [0.25, 0.3) is 0 Å². The van der Waals surface area contributed by atoms with Crippen molar-refractivity contribution in [3.63, 3.8) is 0 Å². The maximum absolute atomic E-state index is 13.1. The van der Waals surface area contributed by atoms with Crippen LogP contribution in [0, 0.1) is 5.82 Å². The van der Waals surface area contributed by atoms with Crippen LogP contribution in [0.15, 0.2) is 48.5 Å². The molecule has 2 aromatic carbocycles. The van der Waals surface area contributed by atoms with E-state index >= 15 is 0 Å². The summed E-state index contributed by atoms with van der Waals surface area (Å²) in [6, 6.07) is 12.6. The lowest BCUT2D eigenvalue weighted by Crippen LogP contribution is -2.40. The van der Waals surface area contributed by atoms with E-state index in [9.17, 15) is 18.8 Å². The fourth-order valence-electron chi connectivity index (χ4n) is 2.62. The third kappa shape index (κ3) is 3.17. The summed E-state index contributed by atoms with van der Waals surface area (Å²) in [7, 11) is 0. The van der Waals surface area contributed by atoms with Crippen molar-refractivity contribution in [3.8, 4) is 0 Å². The van der Waals surface area contributed by atoms with E-state index in [4.69, 9.17) is 0 Å². The van der Waals surface area contributed by atoms with Gasteiger partial charge in [0, 0.05) is 6.54 Å². The normalized spacial score (nSPS) is 13.1. The Hall–Kier alpha value is -3.02. The largest absolute Gasteiger partial charge is 0.354 e. The second-order valence-electron chi connectivity index (χ2n) is 5.47. The molecule has 0 fully saturated rings. The van der Waals surface area contributed by atoms with Gasteiger partial charge in [0.2, 0.25) is 5.91 Å². The molecule has 122 valence electrons. The van der Waals surface area contributed by atoms with Gasteiger partial charge in [-0.3, -0.25) is 19.3 Å². The van der Waals surface area contributed by atoms with Crippen LogP contribution >= 0.6 is 0 Å². The van der Waals surface area contributed by atoms with Gasteiger partial charge in [0.05, 0.1) is 11.1 Å². The first-order valence-corrected chi connectivity index (χ1v) is 7.52. The molecule has 1 heterocycles. The molecule has 0 bridgehead atoms. The van der Waals surface area contributed by atoms with Crippen molar-refractivity contribution in [1.82, 2.24) is 10.2 Å². The Morgan fingerprint density at radius 2 is 1.67 bits per heavy atom. The molecular weight excluding hydrogens is 311 g/mol. The van der Waals surface area contributed by atoms with Gasteiger partial charge in [0.1, 0.15) is 12.4 Å². The van der Waals surface area contributed by atoms with Gasteiger partial charge in [-0.25, -0.2) is 4.39 Å². The monoisotopic (exact) mass is 326 g/mol. The summed E-state index contributed by atoms with van der Waals surface area (Å²) in [6.45, 7) is -0.0268. The minimum atomic E-state index is -0.462. The van der Waals surface area contributed by atoms with Gasteiger partial charge >= 0.3 is 0 Å². The Morgan fingerprint density at radius 3 is 2.29 bits per heavy atom. The number of benzene rings is 2. The van der Waals surface area contributed by atoms with Gasteiger partial charge < -0.3 is 5.32 Å². The van der Waals surface area contributed by atoms with Crippen molar-refractivity contribution in [2.45, 2.75) is 6.42 Å². The lowest BCUT2D eigenvalue weighted by atomic mass is 10.1. The Kier molecular flexibility index (Phi) is 4.37. The lowest BCUT2D eigenvalue weighted by Gasteiger charge is -2.13. The summed E-state index contributed by atoms with van der Waals surface area (Å²) >= 11 is 0. The average Bonchev–Trinajstić information content (AvgIpc) is 2.80. The smallest absolute Gasteiger partial charge is 0.262 e. The van der Waals surface area contributed by atoms with E-state index in [1.165, 1.54) is 12.1 Å². The summed E-state index contributed by atoms with van der Waals surface area (Å²) in [5, 5.41) is 2.64. The second-order valence-corrected chi connectivity index (χ2v) is 5.47. The van der Waals surface area contributed by atoms with Crippen LogP contribution in [0.5, 0.6) is 0 Å². The first-order valence-electron chi connectivity index (χ1n) is 7.52. The highest BCUT2D eigenvalue weighted by atomic mass is 19.1. The molecule has 0 saturated carbocycles. The molecule has 0 aliphatic carbocycles. The molecule has 0 unspecified atom stereocenters. The van der Waals surface area contributed by atoms with Gasteiger partial charge in [0.15, 0.2) is 0 Å². The average molecular weight is 326 g/mol. The molecule has 2 aromatic rings. The maximum Gasteiger partial charge on any atom is 0.262 e. The van der Waals surface area contributed by atoms with E-state index in [0.717, 1.165) is 10.5 Å². The molecule has 0 spiro atoms. The Labute approximate surface area is 138 Å². The molecule has 3 rings (SSSR count). The number of nitrogens with one attached hydrogen (secondary N) is 1. The van der Waals surface area contributed by atoms with Crippen molar-refractivity contribution in [3.05, 3.63) is 71.0 Å². The van der Waals surface area contributed by atoms with E-state index in [0.29, 0.717) is 24.1 Å². The lowest BCUT2D eigenvalue weighted by molar-refractivity contribution is -0.121. The van der Waals surface area contributed by atoms with Gasteiger partial charge in [-0.15, -0.1) is 0 Å². The van der Waals surface area contributed by atoms with Crippen molar-refractivity contribution >= 4 is 17.7 Å². The minimum absolute atomic E-state index is 0.297. The zero-order chi connectivity index (χ0) is 17.1. The topological polar surface area (TPSA) is 66.5 Å². The zero-order valence-corrected chi connectivity index (χ0v) is 12.8. The summed E-state index contributed by atoms with van der Waals surface area (Å²) in [5.74, 6) is -1.68. The molecule has 0 saturated heterocycles. The van der Waals surface area contributed by atoms with E-state index in [1.807, 2.05) is 0 Å². The second kappa shape index (κ2) is 6.62. The maximum atomic E-state index is 13.1. The number of hydrogen-bond donors (Lipinski definition) is 1. The zero-order valence-electron chi connectivity index (χ0n) is 12.8. The quantitative estimate of drug-likeness (QED) is 0.852. The minimum Gasteiger partial charge on any atom is -0.354 e. The number of nitrogens with zero attached hydrogens (tertiary/aromatic N) is 1. The first-order chi connectivity index (χ1) is 11.6. The standard InChI is InChI=1S/C18H15FN2O3/c19-13-5-3-4-12(10-13)8-9-20-16(22)11-21-17(23)14-6-1-2-7-15(14)18(21)24/h1-7,10H,8-9,11H2,(H,20,22). The Morgan fingerprint density at radius 1 is 1.00 bits per heavy atom. The molecule has 0 radical (unpaired) electrons. The number of halogens is 1. The Bertz CT molecular complexity index is 784. The van der Waals surface area contributed by atoms with E-state index in [2.05, 4.69) is 5.32 Å². The number of imide groups is 1. The molecule has 1 N–H and O–H groups in total. The number of carbonyl (C=O) groups is 3. The van der Waals surface area contributed by atoms with Crippen molar-refractivity contribution < 1.29 is 18.8 Å². The fourth-order valence-corrected chi connectivity index (χ4v) is 2.62. The first kappa shape index (κ1) is 15.9. The molecule has 0 atom stereocenters. The molecular formula is C18H15FN2O3. The van der Waals surface area contributed by atoms with Crippen LogP contribution in [0.4, 0.5) is 4.39 Å². The van der Waals surface area contributed by atoms with Gasteiger partial charge in [-0.1, -0.05) is 24.3 Å². The highest BCUT2D eigenvalue weighted by Gasteiger charge is 2.36. The van der Waals surface area contributed by atoms with Gasteiger partial charge in [-0.2, -0.15) is 0 Å². The highest BCUT2D eigenvalue weighted by molar-refractivity contribution is 6.22. The summed E-state index contributed by atoms with van der Waals surface area (Å²) in [5.41, 5.74) is 1.39. The molecule has 24 heavy (non-hydrogen) atoms. The Balaban J connectivity index is 1.54. The SMILES string of the molecule is O=C(CN1C(=O)c2ccccc2C1=O)NCCc1cccc(F)c1. The number of fused-ring (bicyclic) bond motifs is 1. The van der Waals surface area contributed by atoms with Gasteiger partial charge in [0.25, 0.3) is 11.8 Å². The summed E-state index contributed by atoms with van der Waals surface area (Å²) < 4.78 is 13.1. The fraction of sp³-hybridized carbons (Fsp3) is 0.167. The van der Waals surface area contributed by atoms with E-state index in [-0.39, 0.29) is 12.4 Å². The van der Waals surface area contributed by atoms with E-state index in [1.54, 1.807) is 36.4 Å². The number of carbonyl (C=O) groups excluding carboxylic acids is 3. The predicted octanol–water partition coefficient (Wildman–Crippen LogP) is 1.78. The molecule has 1 aliphatic rings. The van der Waals surface area contributed by atoms with Crippen LogP contribution in [-0.4, -0.2) is 35.7 Å². The summed E-state index contributed by atoms with van der Waals surface area (Å²) in [4.78, 5) is 37.2. The molecule has 1 aliphatic heterocycles. The predicted molar refractivity (Wildman–Crippen MR) is 84.9 cm³/mol. The van der Waals surface area contributed by atoms with Gasteiger partial charge in [-0.05, 0) is 36.2 Å². The highest BCUT2D eigenvalue weighted by Crippen LogP contribution is 2.21. The van der Waals surface area contributed by atoms with Crippen LogP contribution in [0.1, 0.15) is 26.3 Å². The van der Waals surface area contributed by atoms with Crippen molar-refractivity contribution in [1.29, 1.82) is 0 Å². The summed E-state index contributed by atoms with van der Waals surface area (Å²) in [6.07, 6.45) is 0.464. The van der Waals surface area contributed by atoms with Crippen LogP contribution < -0.4 is 5.32 Å². The molecule has 0 aromatic heterocycles. The molecule has 6 heteroatoms. The van der Waals surface area contributed by atoms with Crippen LogP contribution in [-0.2, 0) is 11.2 Å². The van der Waals surface area contributed by atoms with Crippen molar-refractivity contribution in [2.24, 2.45) is 0 Å².